The largest absolute Gasteiger partial charge is 0.497 e. The van der Waals surface area contributed by atoms with Crippen molar-refractivity contribution in [3.63, 3.8) is 0 Å². The van der Waals surface area contributed by atoms with Crippen molar-refractivity contribution >= 4 is 23.2 Å². The quantitative estimate of drug-likeness (QED) is 0.255. The van der Waals surface area contributed by atoms with E-state index < -0.39 is 12.1 Å². The number of hydrogen-bond acceptors (Lipinski definition) is 5. The van der Waals surface area contributed by atoms with Crippen molar-refractivity contribution in [3.05, 3.63) is 118 Å². The molecule has 1 N–H and O–H groups in total. The van der Waals surface area contributed by atoms with Crippen LogP contribution >= 0.6 is 11.6 Å². The predicted octanol–water partition coefficient (Wildman–Crippen LogP) is 6.90. The van der Waals surface area contributed by atoms with Gasteiger partial charge < -0.3 is 24.2 Å². The highest BCUT2D eigenvalue weighted by atomic mass is 35.5. The molecule has 2 atom stereocenters. The van der Waals surface area contributed by atoms with Crippen LogP contribution in [0.25, 0.3) is 0 Å². The lowest BCUT2D eigenvalue weighted by atomic mass is 9.86. The number of halogens is 1. The third-order valence-electron chi connectivity index (χ3n) is 7.06. The number of amides is 1. The summed E-state index contributed by atoms with van der Waals surface area (Å²) in [6.07, 6.45) is -0.645. The highest BCUT2D eigenvalue weighted by Gasteiger charge is 2.36. The van der Waals surface area contributed by atoms with Crippen molar-refractivity contribution in [2.24, 2.45) is 0 Å². The number of aliphatic hydroxyl groups excluding tert-OH is 1. The molecule has 7 heteroatoms. The van der Waals surface area contributed by atoms with E-state index in [-0.39, 0.29) is 18.4 Å². The molecule has 5 rings (SSSR count). The van der Waals surface area contributed by atoms with Crippen LogP contribution in [0.2, 0.25) is 5.02 Å². The summed E-state index contributed by atoms with van der Waals surface area (Å²) in [5.74, 6) is 1.90. The number of fused-ring (bicyclic) bond motifs is 1. The Balaban J connectivity index is 1.56. The van der Waals surface area contributed by atoms with Gasteiger partial charge in [0, 0.05) is 10.7 Å². The molecule has 0 bridgehead atoms. The molecule has 0 fully saturated rings. The number of carbonyl (C=O) groups excluding carboxylic acids is 1. The smallest absolute Gasteiger partial charge is 0.232 e. The first-order chi connectivity index (χ1) is 19.3. The van der Waals surface area contributed by atoms with E-state index in [1.165, 1.54) is 0 Å². The first-order valence-corrected chi connectivity index (χ1v) is 13.5. The van der Waals surface area contributed by atoms with Crippen molar-refractivity contribution in [1.82, 2.24) is 0 Å². The molecular formula is C33H32ClNO5. The molecule has 0 aromatic heterocycles. The van der Waals surface area contributed by atoms with Gasteiger partial charge in [-0.05, 0) is 90.2 Å². The third-order valence-corrected chi connectivity index (χ3v) is 7.31. The van der Waals surface area contributed by atoms with Gasteiger partial charge in [-0.2, -0.15) is 0 Å². The Morgan fingerprint density at radius 3 is 2.05 bits per heavy atom. The zero-order valence-corrected chi connectivity index (χ0v) is 23.7. The summed E-state index contributed by atoms with van der Waals surface area (Å²) in [6.45, 7) is 3.93. The van der Waals surface area contributed by atoms with Crippen LogP contribution in [-0.4, -0.2) is 31.3 Å². The van der Waals surface area contributed by atoms with Crippen LogP contribution in [0.4, 0.5) is 5.69 Å². The summed E-state index contributed by atoms with van der Waals surface area (Å²) in [5.41, 5.74) is 4.97. The maximum atomic E-state index is 13.7. The van der Waals surface area contributed by atoms with Gasteiger partial charge in [0.2, 0.25) is 5.91 Å². The van der Waals surface area contributed by atoms with Crippen LogP contribution < -0.4 is 19.1 Å². The van der Waals surface area contributed by atoms with E-state index in [0.29, 0.717) is 16.5 Å². The Kier molecular flexibility index (Phi) is 8.01. The lowest BCUT2D eigenvalue weighted by Gasteiger charge is -2.38. The molecule has 1 aliphatic rings. The van der Waals surface area contributed by atoms with Gasteiger partial charge in [-0.25, -0.2) is 0 Å². The Morgan fingerprint density at radius 1 is 0.850 bits per heavy atom. The van der Waals surface area contributed by atoms with E-state index in [1.54, 1.807) is 19.1 Å². The number of ether oxygens (including phenoxy) is 3. The van der Waals surface area contributed by atoms with Crippen LogP contribution in [0.1, 0.15) is 53.8 Å². The van der Waals surface area contributed by atoms with E-state index in [4.69, 9.17) is 25.8 Å². The normalized spacial score (nSPS) is 15.5. The second-order valence-electron chi connectivity index (χ2n) is 10.0. The fourth-order valence-corrected chi connectivity index (χ4v) is 5.25. The molecule has 4 aromatic rings. The van der Waals surface area contributed by atoms with E-state index in [1.807, 2.05) is 98.8 Å². The fraction of sp³-hybridized carbons (Fsp3) is 0.242. The molecule has 0 saturated heterocycles. The average molecular weight is 558 g/mol. The summed E-state index contributed by atoms with van der Waals surface area (Å²) in [6, 6.07) is 25.8. The highest BCUT2D eigenvalue weighted by molar-refractivity contribution is 6.30. The van der Waals surface area contributed by atoms with Crippen LogP contribution in [0.3, 0.4) is 0 Å². The van der Waals surface area contributed by atoms with Gasteiger partial charge in [-0.1, -0.05) is 48.0 Å². The van der Waals surface area contributed by atoms with Crippen LogP contribution in [-0.2, 0) is 11.2 Å². The number of rotatable bonds is 8. The van der Waals surface area contributed by atoms with E-state index in [0.717, 1.165) is 39.3 Å². The zero-order chi connectivity index (χ0) is 28.4. The molecule has 0 aliphatic carbocycles. The Labute approximate surface area is 239 Å². The van der Waals surface area contributed by atoms with Crippen LogP contribution in [0, 0.1) is 0 Å². The van der Waals surface area contributed by atoms with Gasteiger partial charge in [0.05, 0.1) is 32.8 Å². The second kappa shape index (κ2) is 11.6. The highest BCUT2D eigenvalue weighted by Crippen LogP contribution is 2.44. The molecule has 1 aliphatic heterocycles. The van der Waals surface area contributed by atoms with Gasteiger partial charge in [0.1, 0.15) is 11.9 Å². The maximum absolute atomic E-state index is 13.7. The maximum Gasteiger partial charge on any atom is 0.232 e. The van der Waals surface area contributed by atoms with Crippen LogP contribution in [0.15, 0.2) is 84.9 Å². The molecule has 1 heterocycles. The van der Waals surface area contributed by atoms with Crippen molar-refractivity contribution in [2.45, 2.75) is 38.5 Å². The minimum absolute atomic E-state index is 0.0458. The fourth-order valence-electron chi connectivity index (χ4n) is 5.12. The molecule has 1 amide bonds. The van der Waals surface area contributed by atoms with Gasteiger partial charge in [0.15, 0.2) is 11.5 Å². The molecular weight excluding hydrogens is 526 g/mol. The van der Waals surface area contributed by atoms with Gasteiger partial charge >= 0.3 is 0 Å². The number of hydrogen-bond donors (Lipinski definition) is 1. The first-order valence-electron chi connectivity index (χ1n) is 13.2. The van der Waals surface area contributed by atoms with Crippen molar-refractivity contribution in [3.8, 4) is 17.2 Å². The van der Waals surface area contributed by atoms with Crippen molar-refractivity contribution < 1.29 is 24.1 Å². The molecule has 0 saturated carbocycles. The average Bonchev–Trinajstić information content (AvgIpc) is 2.96. The number of carbonyl (C=O) groups is 1. The Morgan fingerprint density at radius 2 is 1.48 bits per heavy atom. The van der Waals surface area contributed by atoms with Crippen LogP contribution in [0.5, 0.6) is 17.2 Å². The topological polar surface area (TPSA) is 68.2 Å². The van der Waals surface area contributed by atoms with Gasteiger partial charge in [0.25, 0.3) is 0 Å². The molecule has 6 nitrogen and oxygen atoms in total. The standard InChI is InChI=1S/C33H32ClNO5/c1-20(2)40-30-19-28-24(17-29(30)39-4)18-31(36)35(32(28)21-5-11-25(34)12-6-21)26-13-7-22(8-14-26)33(37)23-9-15-27(38-3)16-10-23/h5-17,19-20,32-33,37H,18H2,1-4H3/t32-,33?/m0/s1. The molecule has 4 aromatic carbocycles. The van der Waals surface area contributed by atoms with Crippen molar-refractivity contribution in [2.75, 3.05) is 19.1 Å². The lowest BCUT2D eigenvalue weighted by Crippen LogP contribution is -2.41. The Bertz CT molecular complexity index is 1480. The van der Waals surface area contributed by atoms with Gasteiger partial charge in [-0.15, -0.1) is 0 Å². The van der Waals surface area contributed by atoms with E-state index >= 15 is 0 Å². The number of anilines is 1. The second-order valence-corrected chi connectivity index (χ2v) is 10.5. The molecule has 0 spiro atoms. The number of aliphatic hydroxyl groups is 1. The summed E-state index contributed by atoms with van der Waals surface area (Å²) in [7, 11) is 3.21. The zero-order valence-electron chi connectivity index (χ0n) is 22.9. The SMILES string of the molecule is COc1ccc(C(O)c2ccc(N3C(=O)Cc4cc(OC)c(OC(C)C)cc4[C@@H]3c3ccc(Cl)cc3)cc2)cc1. The molecule has 1 unspecified atom stereocenters. The van der Waals surface area contributed by atoms with E-state index in [9.17, 15) is 9.90 Å². The minimum Gasteiger partial charge on any atom is -0.497 e. The van der Waals surface area contributed by atoms with E-state index in [2.05, 4.69) is 0 Å². The summed E-state index contributed by atoms with van der Waals surface area (Å²) < 4.78 is 16.9. The Hall–Kier alpha value is -4.00. The number of benzene rings is 4. The number of nitrogens with zero attached hydrogens (tertiary/aromatic N) is 1. The molecule has 0 radical (unpaired) electrons. The van der Waals surface area contributed by atoms with Crippen molar-refractivity contribution in [1.29, 1.82) is 0 Å². The molecule has 40 heavy (non-hydrogen) atoms. The monoisotopic (exact) mass is 557 g/mol. The molecule has 206 valence electrons. The third kappa shape index (κ3) is 5.51. The summed E-state index contributed by atoms with van der Waals surface area (Å²) in [4.78, 5) is 15.5. The predicted molar refractivity (Wildman–Crippen MR) is 157 cm³/mol. The lowest BCUT2D eigenvalue weighted by molar-refractivity contribution is -0.118. The summed E-state index contributed by atoms with van der Waals surface area (Å²) >= 11 is 6.22. The van der Waals surface area contributed by atoms with Gasteiger partial charge in [-0.3, -0.25) is 4.79 Å². The summed E-state index contributed by atoms with van der Waals surface area (Å²) in [5, 5.41) is 11.6. The number of methoxy groups -OCH3 is 2. The first kappa shape index (κ1) is 27.6. The minimum atomic E-state index is -0.812.